The molecule has 2 nitrogen and oxygen atoms in total. The highest BCUT2D eigenvalue weighted by molar-refractivity contribution is 5.33. The molecule has 0 fully saturated rings. The van der Waals surface area contributed by atoms with E-state index < -0.39 is 0 Å². The maximum absolute atomic E-state index is 14.1. The summed E-state index contributed by atoms with van der Waals surface area (Å²) < 4.78 is 19.1. The summed E-state index contributed by atoms with van der Waals surface area (Å²) in [7, 11) is 1.49. The Morgan fingerprint density at radius 2 is 2.06 bits per heavy atom. The minimum Gasteiger partial charge on any atom is -0.494 e. The van der Waals surface area contributed by atoms with Gasteiger partial charge in [-0.1, -0.05) is 32.9 Å². The number of benzene rings is 1. The number of halogens is 1. The maximum Gasteiger partial charge on any atom is 0.169 e. The molecule has 0 spiro atoms. The molecule has 0 bridgehead atoms. The Labute approximate surface area is 103 Å². The Kier molecular flexibility index (Phi) is 5.42. The molecule has 1 atom stereocenters. The van der Waals surface area contributed by atoms with E-state index in [2.05, 4.69) is 19.2 Å². The van der Waals surface area contributed by atoms with E-state index in [9.17, 15) is 4.39 Å². The van der Waals surface area contributed by atoms with Gasteiger partial charge in [0, 0.05) is 11.6 Å². The first-order valence-corrected chi connectivity index (χ1v) is 6.15. The predicted molar refractivity (Wildman–Crippen MR) is 68.8 cm³/mol. The average Bonchev–Trinajstić information content (AvgIpc) is 2.28. The number of hydrogen-bond donors (Lipinski definition) is 1. The van der Waals surface area contributed by atoms with Crippen LogP contribution in [-0.4, -0.2) is 13.7 Å². The second-order valence-electron chi connectivity index (χ2n) is 4.60. The third-order valence-corrected chi connectivity index (χ3v) is 2.75. The first kappa shape index (κ1) is 14.0. The lowest BCUT2D eigenvalue weighted by atomic mass is 9.96. The minimum absolute atomic E-state index is 0.0510. The summed E-state index contributed by atoms with van der Waals surface area (Å²) >= 11 is 0. The molecule has 17 heavy (non-hydrogen) atoms. The van der Waals surface area contributed by atoms with Gasteiger partial charge in [0.25, 0.3) is 0 Å². The van der Waals surface area contributed by atoms with Crippen molar-refractivity contribution in [3.8, 4) is 5.75 Å². The summed E-state index contributed by atoms with van der Waals surface area (Å²) in [6, 6.07) is 5.36. The van der Waals surface area contributed by atoms with Crippen molar-refractivity contribution < 1.29 is 9.13 Å². The lowest BCUT2D eigenvalue weighted by molar-refractivity contribution is 0.372. The Balaban J connectivity index is 3.00. The standard InChI is InChI=1S/C14H22FNO/c1-5-16-12(9-10(2)3)11-7-6-8-13(17-4)14(11)15/h6-8,10,12,16H,5,9H2,1-4H3. The SMILES string of the molecule is CCNC(CC(C)C)c1cccc(OC)c1F. The molecular weight excluding hydrogens is 217 g/mol. The van der Waals surface area contributed by atoms with Gasteiger partial charge in [-0.05, 0) is 24.9 Å². The van der Waals surface area contributed by atoms with Crippen molar-refractivity contribution >= 4 is 0 Å². The van der Waals surface area contributed by atoms with E-state index in [0.717, 1.165) is 13.0 Å². The third kappa shape index (κ3) is 3.70. The van der Waals surface area contributed by atoms with E-state index >= 15 is 0 Å². The van der Waals surface area contributed by atoms with Gasteiger partial charge < -0.3 is 10.1 Å². The smallest absolute Gasteiger partial charge is 0.169 e. The van der Waals surface area contributed by atoms with Gasteiger partial charge in [0.1, 0.15) is 0 Å². The molecule has 1 rings (SSSR count). The van der Waals surface area contributed by atoms with Crippen LogP contribution < -0.4 is 10.1 Å². The van der Waals surface area contributed by atoms with E-state index in [1.54, 1.807) is 6.07 Å². The molecule has 0 aliphatic rings. The zero-order chi connectivity index (χ0) is 12.8. The van der Waals surface area contributed by atoms with Crippen LogP contribution in [0.15, 0.2) is 18.2 Å². The molecule has 1 aromatic carbocycles. The van der Waals surface area contributed by atoms with Crippen molar-refractivity contribution in [1.29, 1.82) is 0 Å². The Morgan fingerprint density at radius 1 is 1.35 bits per heavy atom. The van der Waals surface area contributed by atoms with Crippen molar-refractivity contribution in [1.82, 2.24) is 5.32 Å². The van der Waals surface area contributed by atoms with E-state index in [-0.39, 0.29) is 11.9 Å². The topological polar surface area (TPSA) is 21.3 Å². The first-order valence-electron chi connectivity index (χ1n) is 6.15. The molecule has 0 amide bonds. The van der Waals surface area contributed by atoms with Crippen molar-refractivity contribution in [2.45, 2.75) is 33.2 Å². The van der Waals surface area contributed by atoms with E-state index in [1.165, 1.54) is 7.11 Å². The van der Waals surface area contributed by atoms with Crippen LogP contribution in [0.1, 0.15) is 38.8 Å². The van der Waals surface area contributed by atoms with Crippen LogP contribution in [0.3, 0.4) is 0 Å². The van der Waals surface area contributed by atoms with Crippen LogP contribution in [-0.2, 0) is 0 Å². The molecule has 1 unspecified atom stereocenters. The largest absolute Gasteiger partial charge is 0.494 e. The van der Waals surface area contributed by atoms with Crippen LogP contribution in [0.25, 0.3) is 0 Å². The second kappa shape index (κ2) is 6.60. The first-order chi connectivity index (χ1) is 8.10. The molecule has 1 N–H and O–H groups in total. The molecule has 3 heteroatoms. The van der Waals surface area contributed by atoms with Gasteiger partial charge in [-0.15, -0.1) is 0 Å². The molecule has 96 valence electrons. The Hall–Kier alpha value is -1.09. The summed E-state index contributed by atoms with van der Waals surface area (Å²) in [4.78, 5) is 0. The monoisotopic (exact) mass is 239 g/mol. The van der Waals surface area contributed by atoms with Gasteiger partial charge in [0.15, 0.2) is 11.6 Å². The lowest BCUT2D eigenvalue weighted by Gasteiger charge is -2.21. The molecule has 0 aliphatic carbocycles. The zero-order valence-electron chi connectivity index (χ0n) is 11.1. The van der Waals surface area contributed by atoms with Crippen LogP contribution >= 0.6 is 0 Å². The zero-order valence-corrected chi connectivity index (χ0v) is 11.1. The molecule has 0 radical (unpaired) electrons. The highest BCUT2D eigenvalue weighted by Crippen LogP contribution is 2.28. The quantitative estimate of drug-likeness (QED) is 0.820. The van der Waals surface area contributed by atoms with Crippen LogP contribution in [0.2, 0.25) is 0 Å². The fourth-order valence-electron chi connectivity index (χ4n) is 1.99. The lowest BCUT2D eigenvalue weighted by Crippen LogP contribution is -2.23. The van der Waals surface area contributed by atoms with Gasteiger partial charge in [-0.25, -0.2) is 4.39 Å². The third-order valence-electron chi connectivity index (χ3n) is 2.75. The van der Waals surface area contributed by atoms with E-state index in [1.807, 2.05) is 19.1 Å². The van der Waals surface area contributed by atoms with E-state index in [4.69, 9.17) is 4.74 Å². The molecule has 0 saturated heterocycles. The summed E-state index contributed by atoms with van der Waals surface area (Å²) in [6.07, 6.45) is 0.915. The number of hydrogen-bond acceptors (Lipinski definition) is 2. The van der Waals surface area contributed by atoms with Gasteiger partial charge in [-0.2, -0.15) is 0 Å². The van der Waals surface area contributed by atoms with Crippen molar-refractivity contribution in [2.75, 3.05) is 13.7 Å². The molecule has 0 saturated carbocycles. The normalized spacial score (nSPS) is 12.8. The fourth-order valence-corrected chi connectivity index (χ4v) is 1.99. The summed E-state index contributed by atoms with van der Waals surface area (Å²) in [5, 5.41) is 3.33. The fraction of sp³-hybridized carbons (Fsp3) is 0.571. The van der Waals surface area contributed by atoms with Gasteiger partial charge in [0.2, 0.25) is 0 Å². The summed E-state index contributed by atoms with van der Waals surface area (Å²) in [5.41, 5.74) is 0.694. The second-order valence-corrected chi connectivity index (χ2v) is 4.60. The maximum atomic E-state index is 14.1. The van der Waals surface area contributed by atoms with Crippen LogP contribution in [0, 0.1) is 11.7 Å². The van der Waals surface area contributed by atoms with Crippen LogP contribution in [0.4, 0.5) is 4.39 Å². The molecule has 0 heterocycles. The van der Waals surface area contributed by atoms with Crippen molar-refractivity contribution in [3.63, 3.8) is 0 Å². The Morgan fingerprint density at radius 3 is 2.59 bits per heavy atom. The molecule has 0 aliphatic heterocycles. The average molecular weight is 239 g/mol. The number of ether oxygens (including phenoxy) is 1. The predicted octanol–water partition coefficient (Wildman–Crippen LogP) is 3.53. The Bertz CT molecular complexity index is 352. The van der Waals surface area contributed by atoms with Crippen molar-refractivity contribution in [3.05, 3.63) is 29.6 Å². The highest BCUT2D eigenvalue weighted by Gasteiger charge is 2.18. The van der Waals surface area contributed by atoms with Gasteiger partial charge in [-0.3, -0.25) is 0 Å². The van der Waals surface area contributed by atoms with E-state index in [0.29, 0.717) is 17.2 Å². The minimum atomic E-state index is -0.249. The van der Waals surface area contributed by atoms with Crippen molar-refractivity contribution in [2.24, 2.45) is 5.92 Å². The number of nitrogens with one attached hydrogen (secondary N) is 1. The molecule has 1 aromatic rings. The number of rotatable bonds is 6. The van der Waals surface area contributed by atoms with Gasteiger partial charge >= 0.3 is 0 Å². The molecular formula is C14H22FNO. The van der Waals surface area contributed by atoms with Crippen LogP contribution in [0.5, 0.6) is 5.75 Å². The highest BCUT2D eigenvalue weighted by atomic mass is 19.1. The summed E-state index contributed by atoms with van der Waals surface area (Å²) in [5.74, 6) is 0.584. The summed E-state index contributed by atoms with van der Waals surface area (Å²) in [6.45, 7) is 7.14. The van der Waals surface area contributed by atoms with Gasteiger partial charge in [0.05, 0.1) is 7.11 Å². The molecule has 0 aromatic heterocycles. The number of methoxy groups -OCH3 is 1.